The summed E-state index contributed by atoms with van der Waals surface area (Å²) in [5, 5.41) is 82.0. The van der Waals surface area contributed by atoms with Gasteiger partial charge in [-0.25, -0.2) is 4.39 Å². The van der Waals surface area contributed by atoms with Crippen molar-refractivity contribution in [1.82, 2.24) is 15.0 Å². The van der Waals surface area contributed by atoms with Crippen molar-refractivity contribution < 1.29 is 97.3 Å². The number of aliphatic hydroxyl groups is 6. The molecule has 12 N–H and O–H groups in total. The molecule has 0 fully saturated rings. The Balaban J connectivity index is 0.000000139. The zero-order valence-electron chi connectivity index (χ0n) is 70.7. The number of fused-ring (bicyclic) bond motifs is 6. The van der Waals surface area contributed by atoms with Gasteiger partial charge in [-0.15, -0.1) is 0 Å². The maximum Gasteiger partial charge on any atom is 0.261 e. The second kappa shape index (κ2) is 41.5. The predicted octanol–water partition coefficient (Wildman–Crippen LogP) is 19.4. The lowest BCUT2D eigenvalue weighted by atomic mass is 9.88. The summed E-state index contributed by atoms with van der Waals surface area (Å²) in [6, 6.07) is 46.2. The number of Topliss-reactive ketones (excluding diaryl/α,β-unsaturated/α-hetero) is 6. The summed E-state index contributed by atoms with van der Waals surface area (Å²) < 4.78 is 18.7. The van der Waals surface area contributed by atoms with E-state index in [1.165, 1.54) is 141 Å². The van der Waals surface area contributed by atoms with E-state index in [9.17, 15) is 92.6 Å². The van der Waals surface area contributed by atoms with Crippen molar-refractivity contribution in [2.24, 2.45) is 0 Å². The number of anilines is 6. The molecule has 3 aromatic heterocycles. The van der Waals surface area contributed by atoms with Gasteiger partial charge in [-0.1, -0.05) is 187 Å². The Morgan fingerprint density at radius 3 is 0.869 bits per heavy atom. The molecular weight excluding hydrogens is 2030 g/mol. The van der Waals surface area contributed by atoms with E-state index in [1.807, 2.05) is 6.92 Å². The number of pyridine rings is 3. The third kappa shape index (κ3) is 20.7. The summed E-state index contributed by atoms with van der Waals surface area (Å²) in [5.41, 5.74) is -7.26. The van der Waals surface area contributed by atoms with Gasteiger partial charge >= 0.3 is 0 Å². The highest BCUT2D eigenvalue weighted by atomic mass is 35.5. The van der Waals surface area contributed by atoms with Crippen LogP contribution in [0.4, 0.5) is 38.5 Å². The van der Waals surface area contributed by atoms with Crippen molar-refractivity contribution >= 4 is 243 Å². The Labute approximate surface area is 836 Å². The average Bonchev–Trinajstić information content (AvgIpc) is 1.62. The fraction of sp³-hybridized carbons (Fsp3) is 0.156. The SMILES string of the molecule is COc1ccc(C(=O)CC2(O)C(=O)Nc3c(Cl)ccc(Cl)c32)cc1.Cc1ccc(C(=O)CC2(O)C(=O)Nc3c(Cl)ccc(Cl)c32)cc1.Cc1ccc(C(=O)CC2(O)C(=O)Nc3c(Cl)ccc(Cl)c32)cc1F.O=C(CC1(O)C(=O)Nc2c(Cl)ccc(Cl)c21)c1ccccn1.O=C(CC1(O)C(=O)Nc2c(Cl)ccc(Cl)c21)c1cccnc1.O=C(CC1(O)C(=O)Nc2c(Cl)ccc(Cl)c21)c1ccncc1. The number of hydrogen-bond acceptors (Lipinski definition) is 22. The van der Waals surface area contributed by atoms with E-state index >= 15 is 0 Å². The first kappa shape index (κ1) is 103. The van der Waals surface area contributed by atoms with Gasteiger partial charge in [0.1, 0.15) is 17.3 Å². The Bertz CT molecular complexity index is 6690. The summed E-state index contributed by atoms with van der Waals surface area (Å²) in [6.07, 6.45) is 4.51. The van der Waals surface area contributed by atoms with Crippen molar-refractivity contribution in [3.05, 3.63) is 357 Å². The number of aromatic nitrogens is 3. The van der Waals surface area contributed by atoms with Gasteiger partial charge in [0.05, 0.1) is 110 Å². The molecule has 0 saturated carbocycles. The minimum Gasteiger partial charge on any atom is -0.497 e. The summed E-state index contributed by atoms with van der Waals surface area (Å²) in [6.45, 7) is 3.48. The normalized spacial score (nSPS) is 19.4. The number of nitrogens with zero attached hydrogens (tertiary/aromatic N) is 3. The molecule has 9 aromatic carbocycles. The predicted molar refractivity (Wildman–Crippen MR) is 516 cm³/mol. The van der Waals surface area contributed by atoms with Crippen LogP contribution in [0.25, 0.3) is 0 Å². The Morgan fingerprint density at radius 1 is 0.307 bits per heavy atom. The van der Waals surface area contributed by atoms with Crippen molar-refractivity contribution in [2.75, 3.05) is 39.0 Å². The topological polar surface area (TPSA) is 446 Å². The third-order valence-electron chi connectivity index (χ3n) is 22.5. The largest absolute Gasteiger partial charge is 0.497 e. The molecule has 6 aliphatic heterocycles. The summed E-state index contributed by atoms with van der Waals surface area (Å²) >= 11 is 72.7. The molecule has 18 rings (SSSR count). The highest BCUT2D eigenvalue weighted by Crippen LogP contribution is 2.54. The van der Waals surface area contributed by atoms with E-state index in [0.29, 0.717) is 33.6 Å². The average molecular weight is 2100 g/mol. The molecular formula is C96H68Cl12FN9O19. The number of nitrogens with one attached hydrogen (secondary N) is 6. The first-order valence-electron chi connectivity index (χ1n) is 40.2. The molecule has 0 bridgehead atoms. The molecule has 9 heterocycles. The van der Waals surface area contributed by atoms with E-state index in [1.54, 1.807) is 79.7 Å². The van der Waals surface area contributed by atoms with Gasteiger partial charge in [-0.05, 0) is 159 Å². The van der Waals surface area contributed by atoms with Crippen molar-refractivity contribution in [1.29, 1.82) is 0 Å². The van der Waals surface area contributed by atoms with Crippen LogP contribution in [0.5, 0.6) is 5.75 Å². The van der Waals surface area contributed by atoms with Crippen LogP contribution in [0.2, 0.25) is 60.3 Å². The van der Waals surface area contributed by atoms with E-state index in [0.717, 1.165) is 11.6 Å². The van der Waals surface area contributed by atoms with Gasteiger partial charge in [0.15, 0.2) is 68.3 Å². The molecule has 702 valence electrons. The first-order valence-corrected chi connectivity index (χ1v) is 44.8. The van der Waals surface area contributed by atoms with Gasteiger partial charge in [-0.3, -0.25) is 72.5 Å². The first-order chi connectivity index (χ1) is 64.7. The van der Waals surface area contributed by atoms with Crippen LogP contribution in [0.1, 0.15) is 145 Å². The van der Waals surface area contributed by atoms with E-state index in [-0.39, 0.29) is 145 Å². The Kier molecular flexibility index (Phi) is 31.1. The summed E-state index contributed by atoms with van der Waals surface area (Å²) in [4.78, 5) is 159. The van der Waals surface area contributed by atoms with E-state index in [4.69, 9.17) is 144 Å². The smallest absolute Gasteiger partial charge is 0.261 e. The standard InChI is InChI=1S/C17H12Cl2FNO3.C17H13Cl2NO4.C17H13Cl2NO3.3C15H10Cl2N2O3/c1-8-2-3-9(6-12(8)20)13(22)7-17(24)14-10(18)4-5-11(19)15(14)21-16(17)23;1-24-10-4-2-9(3-5-10)13(21)8-17(23)14-11(18)6-7-12(19)15(14)20-16(17)22;1-9-2-4-10(5-3-9)13(21)8-17(23)14-11(18)6-7-12(19)15(14)20-16(17)22;16-9-1-2-10(17)13-12(9)15(22,14(21)19-13)7-11(20)8-3-5-18-6-4-8;16-9-3-4-10(17)13-12(9)15(22,14(21)19-13)6-11(20)8-2-1-5-18-7-8;16-8-4-5-9(17)13-12(8)15(22,14(21)19-13)7-11(20)10-3-1-2-6-18-10/h2-6,24H,7H2,1H3,(H,21,23);2-7,23H,8H2,1H3,(H,20,22);2-7,23H,8H2,1H3,(H,20,22);1-6,22H,7H2,(H,19,21);1-5,7,22H,6H2,(H,19,21);1-6,22H,7H2,(H,19,21). The van der Waals surface area contributed by atoms with Crippen molar-refractivity contribution in [2.45, 2.75) is 86.0 Å². The number of carbonyl (C=O) groups excluding carboxylic acids is 12. The van der Waals surface area contributed by atoms with Crippen LogP contribution < -0.4 is 36.6 Å². The number of carbonyl (C=O) groups is 12. The number of hydrogen-bond donors (Lipinski definition) is 12. The molecule has 0 radical (unpaired) electrons. The number of rotatable bonds is 19. The van der Waals surface area contributed by atoms with Gasteiger partial charge in [0.2, 0.25) is 0 Å². The van der Waals surface area contributed by atoms with Crippen LogP contribution >= 0.6 is 139 Å². The molecule has 0 aliphatic carbocycles. The van der Waals surface area contributed by atoms with Crippen LogP contribution in [0.3, 0.4) is 0 Å². The van der Waals surface area contributed by atoms with Crippen LogP contribution in [0.15, 0.2) is 213 Å². The maximum absolute atomic E-state index is 13.6. The molecule has 137 heavy (non-hydrogen) atoms. The molecule has 0 saturated heterocycles. The number of ether oxygens (including phenoxy) is 1. The Hall–Kier alpha value is -11.8. The number of aryl methyl sites for hydroxylation is 2. The van der Waals surface area contributed by atoms with Crippen LogP contribution in [0, 0.1) is 19.7 Å². The van der Waals surface area contributed by atoms with Gasteiger partial charge in [-0.2, -0.15) is 0 Å². The zero-order valence-corrected chi connectivity index (χ0v) is 79.8. The molecule has 6 atom stereocenters. The number of halogens is 13. The molecule has 41 heteroatoms. The number of benzene rings is 9. The van der Waals surface area contributed by atoms with Crippen molar-refractivity contribution in [3.63, 3.8) is 0 Å². The molecule has 0 spiro atoms. The molecule has 6 amide bonds. The molecule has 6 unspecified atom stereocenters. The number of methoxy groups -OCH3 is 1. The highest BCUT2D eigenvalue weighted by molar-refractivity contribution is 6.43. The molecule has 12 aromatic rings. The minimum atomic E-state index is -2.16. The summed E-state index contributed by atoms with van der Waals surface area (Å²) in [5.74, 6) is -6.99. The second-order valence-electron chi connectivity index (χ2n) is 31.4. The molecule has 6 aliphatic rings. The second-order valence-corrected chi connectivity index (χ2v) is 36.3. The van der Waals surface area contributed by atoms with E-state index in [2.05, 4.69) is 46.9 Å². The highest BCUT2D eigenvalue weighted by Gasteiger charge is 2.55. The fourth-order valence-electron chi connectivity index (χ4n) is 15.3. The summed E-state index contributed by atoms with van der Waals surface area (Å²) in [7, 11) is 1.52. The minimum absolute atomic E-state index is 0.0580. The van der Waals surface area contributed by atoms with Gasteiger partial charge in [0, 0.05) is 122 Å². The van der Waals surface area contributed by atoms with Crippen LogP contribution in [-0.4, -0.2) is 123 Å². The van der Waals surface area contributed by atoms with Crippen molar-refractivity contribution in [3.8, 4) is 5.75 Å². The monoisotopic (exact) mass is 2090 g/mol. The number of ketones is 6. The number of amides is 6. The lowest BCUT2D eigenvalue weighted by Crippen LogP contribution is -2.36. The zero-order chi connectivity index (χ0) is 99.6. The van der Waals surface area contributed by atoms with E-state index < -0.39 is 142 Å². The lowest BCUT2D eigenvalue weighted by molar-refractivity contribution is -0.133. The van der Waals surface area contributed by atoms with Gasteiger partial charge in [0.25, 0.3) is 35.4 Å². The maximum atomic E-state index is 13.6. The third-order valence-corrected chi connectivity index (χ3v) is 26.3. The van der Waals surface area contributed by atoms with Gasteiger partial charge < -0.3 is 67.3 Å². The quantitative estimate of drug-likeness (QED) is 0.0335. The Morgan fingerprint density at radius 2 is 0.584 bits per heavy atom. The van der Waals surface area contributed by atoms with Crippen LogP contribution in [-0.2, 0) is 62.4 Å². The lowest BCUT2D eigenvalue weighted by Gasteiger charge is -2.21. The fourth-order valence-corrected chi connectivity index (χ4v) is 18.4. The molecule has 28 nitrogen and oxygen atoms in total.